The standard InChI is InChI=1S/C18H20O/c1-2-19-18(15-17-11-7-4-8-12-17)14-13-16-9-5-3-6-10-16/h3-14,18H,2,15H2,1H3/b14-13+. The van der Waals surface area contributed by atoms with Crippen molar-refractivity contribution in [1.82, 2.24) is 0 Å². The topological polar surface area (TPSA) is 9.23 Å². The predicted octanol–water partition coefficient (Wildman–Crippen LogP) is 4.35. The molecule has 0 aliphatic carbocycles. The summed E-state index contributed by atoms with van der Waals surface area (Å²) in [5.41, 5.74) is 2.51. The van der Waals surface area contributed by atoms with E-state index in [9.17, 15) is 0 Å². The van der Waals surface area contributed by atoms with Crippen molar-refractivity contribution in [2.24, 2.45) is 0 Å². The molecule has 2 aromatic rings. The summed E-state index contributed by atoms with van der Waals surface area (Å²) in [5, 5.41) is 0. The smallest absolute Gasteiger partial charge is 0.0799 e. The maximum Gasteiger partial charge on any atom is 0.0799 e. The average molecular weight is 252 g/mol. The number of rotatable bonds is 6. The predicted molar refractivity (Wildman–Crippen MR) is 81.0 cm³/mol. The molecule has 0 aliphatic rings. The maximum absolute atomic E-state index is 5.78. The van der Waals surface area contributed by atoms with Crippen LogP contribution in [0.1, 0.15) is 18.1 Å². The molecule has 0 spiro atoms. The van der Waals surface area contributed by atoms with Crippen molar-refractivity contribution >= 4 is 6.08 Å². The Kier molecular flexibility index (Phi) is 5.39. The second kappa shape index (κ2) is 7.55. The van der Waals surface area contributed by atoms with Gasteiger partial charge in [-0.3, -0.25) is 0 Å². The van der Waals surface area contributed by atoms with E-state index in [1.54, 1.807) is 0 Å². The van der Waals surface area contributed by atoms with E-state index in [1.165, 1.54) is 11.1 Å². The van der Waals surface area contributed by atoms with Crippen LogP contribution in [-0.2, 0) is 11.2 Å². The summed E-state index contributed by atoms with van der Waals surface area (Å²) in [6.07, 6.45) is 5.32. The molecule has 0 saturated carbocycles. The van der Waals surface area contributed by atoms with Gasteiger partial charge in [-0.15, -0.1) is 0 Å². The third-order valence-corrected chi connectivity index (χ3v) is 2.96. The van der Waals surface area contributed by atoms with E-state index < -0.39 is 0 Å². The summed E-state index contributed by atoms with van der Waals surface area (Å²) in [6, 6.07) is 20.8. The first-order chi connectivity index (χ1) is 9.38. The minimum Gasteiger partial charge on any atom is -0.374 e. The van der Waals surface area contributed by atoms with Gasteiger partial charge in [0.2, 0.25) is 0 Å². The first-order valence-electron chi connectivity index (χ1n) is 6.77. The molecule has 0 heterocycles. The highest BCUT2D eigenvalue weighted by Gasteiger charge is 2.05. The van der Waals surface area contributed by atoms with Crippen LogP contribution in [0.2, 0.25) is 0 Å². The van der Waals surface area contributed by atoms with Gasteiger partial charge in [-0.25, -0.2) is 0 Å². The first kappa shape index (κ1) is 13.6. The Morgan fingerprint density at radius 3 is 2.21 bits per heavy atom. The third-order valence-electron chi connectivity index (χ3n) is 2.96. The lowest BCUT2D eigenvalue weighted by molar-refractivity contribution is 0.0972. The molecule has 2 aromatic carbocycles. The summed E-state index contributed by atoms with van der Waals surface area (Å²) in [7, 11) is 0. The molecule has 2 rings (SSSR count). The monoisotopic (exact) mass is 252 g/mol. The second-order valence-electron chi connectivity index (χ2n) is 4.45. The van der Waals surface area contributed by atoms with Gasteiger partial charge >= 0.3 is 0 Å². The van der Waals surface area contributed by atoms with Gasteiger partial charge in [-0.05, 0) is 18.1 Å². The largest absolute Gasteiger partial charge is 0.374 e. The Labute approximate surface area is 115 Å². The molecule has 1 atom stereocenters. The number of hydrogen-bond donors (Lipinski definition) is 0. The van der Waals surface area contributed by atoms with Crippen LogP contribution in [0.4, 0.5) is 0 Å². The maximum atomic E-state index is 5.78. The Hall–Kier alpha value is -1.86. The fourth-order valence-electron chi connectivity index (χ4n) is 2.03. The Bertz CT molecular complexity index is 488. The fourth-order valence-corrected chi connectivity index (χ4v) is 2.03. The highest BCUT2D eigenvalue weighted by atomic mass is 16.5. The number of hydrogen-bond acceptors (Lipinski definition) is 1. The quantitative estimate of drug-likeness (QED) is 0.742. The average Bonchev–Trinajstić information content (AvgIpc) is 2.47. The molecule has 1 nitrogen and oxygen atoms in total. The van der Waals surface area contributed by atoms with Gasteiger partial charge in [0.15, 0.2) is 0 Å². The lowest BCUT2D eigenvalue weighted by Crippen LogP contribution is -2.13. The molecule has 1 heteroatoms. The molecule has 0 saturated heterocycles. The van der Waals surface area contributed by atoms with Crippen LogP contribution < -0.4 is 0 Å². The molecule has 0 aromatic heterocycles. The van der Waals surface area contributed by atoms with Crippen molar-refractivity contribution in [2.75, 3.05) is 6.61 Å². The van der Waals surface area contributed by atoms with Crippen molar-refractivity contribution in [3.05, 3.63) is 77.9 Å². The van der Waals surface area contributed by atoms with Crippen LogP contribution in [-0.4, -0.2) is 12.7 Å². The summed E-state index contributed by atoms with van der Waals surface area (Å²) in [6.45, 7) is 2.77. The Morgan fingerprint density at radius 1 is 0.947 bits per heavy atom. The molecule has 0 amide bonds. The summed E-state index contributed by atoms with van der Waals surface area (Å²) in [4.78, 5) is 0. The zero-order valence-corrected chi connectivity index (χ0v) is 11.3. The van der Waals surface area contributed by atoms with Crippen molar-refractivity contribution in [2.45, 2.75) is 19.4 Å². The van der Waals surface area contributed by atoms with E-state index in [4.69, 9.17) is 4.74 Å². The van der Waals surface area contributed by atoms with Crippen LogP contribution in [0.5, 0.6) is 0 Å². The molecule has 0 bridgehead atoms. The van der Waals surface area contributed by atoms with Crippen molar-refractivity contribution in [1.29, 1.82) is 0 Å². The zero-order chi connectivity index (χ0) is 13.3. The van der Waals surface area contributed by atoms with Crippen LogP contribution in [0.3, 0.4) is 0 Å². The highest BCUT2D eigenvalue weighted by molar-refractivity contribution is 5.49. The lowest BCUT2D eigenvalue weighted by Gasteiger charge is -2.13. The molecule has 19 heavy (non-hydrogen) atoms. The second-order valence-corrected chi connectivity index (χ2v) is 4.45. The van der Waals surface area contributed by atoms with Crippen LogP contribution >= 0.6 is 0 Å². The lowest BCUT2D eigenvalue weighted by atomic mass is 10.1. The van der Waals surface area contributed by atoms with E-state index in [2.05, 4.69) is 48.6 Å². The van der Waals surface area contributed by atoms with Crippen molar-refractivity contribution in [3.63, 3.8) is 0 Å². The van der Waals surface area contributed by atoms with E-state index in [-0.39, 0.29) is 6.10 Å². The molecule has 0 fully saturated rings. The number of ether oxygens (including phenoxy) is 1. The Morgan fingerprint density at radius 2 is 1.58 bits per heavy atom. The van der Waals surface area contributed by atoms with Crippen LogP contribution in [0.15, 0.2) is 66.7 Å². The van der Waals surface area contributed by atoms with Crippen LogP contribution in [0.25, 0.3) is 6.08 Å². The van der Waals surface area contributed by atoms with E-state index in [0.717, 1.165) is 13.0 Å². The molecule has 1 unspecified atom stereocenters. The van der Waals surface area contributed by atoms with Gasteiger partial charge in [0, 0.05) is 13.0 Å². The summed E-state index contributed by atoms with van der Waals surface area (Å²) < 4.78 is 5.78. The van der Waals surface area contributed by atoms with E-state index >= 15 is 0 Å². The summed E-state index contributed by atoms with van der Waals surface area (Å²) >= 11 is 0. The number of benzene rings is 2. The van der Waals surface area contributed by atoms with Gasteiger partial charge in [0.1, 0.15) is 0 Å². The molecule has 0 aliphatic heterocycles. The van der Waals surface area contributed by atoms with E-state index in [0.29, 0.717) is 0 Å². The minimum absolute atomic E-state index is 0.132. The molecule has 0 N–H and O–H groups in total. The minimum atomic E-state index is 0.132. The van der Waals surface area contributed by atoms with Gasteiger partial charge in [-0.1, -0.05) is 72.8 Å². The first-order valence-corrected chi connectivity index (χ1v) is 6.77. The van der Waals surface area contributed by atoms with E-state index in [1.807, 2.05) is 31.2 Å². The molecular weight excluding hydrogens is 232 g/mol. The SMILES string of the molecule is CCOC(/C=C/c1ccccc1)Cc1ccccc1. The third kappa shape index (κ3) is 4.72. The van der Waals surface area contributed by atoms with Crippen LogP contribution in [0, 0.1) is 0 Å². The zero-order valence-electron chi connectivity index (χ0n) is 11.3. The van der Waals surface area contributed by atoms with Gasteiger partial charge in [0.25, 0.3) is 0 Å². The van der Waals surface area contributed by atoms with Crippen molar-refractivity contribution < 1.29 is 4.74 Å². The van der Waals surface area contributed by atoms with Gasteiger partial charge in [0.05, 0.1) is 6.10 Å². The Balaban J connectivity index is 2.02. The van der Waals surface area contributed by atoms with Gasteiger partial charge < -0.3 is 4.74 Å². The summed E-state index contributed by atoms with van der Waals surface area (Å²) in [5.74, 6) is 0. The molecular formula is C18H20O. The van der Waals surface area contributed by atoms with Gasteiger partial charge in [-0.2, -0.15) is 0 Å². The highest BCUT2D eigenvalue weighted by Crippen LogP contribution is 2.10. The molecule has 98 valence electrons. The van der Waals surface area contributed by atoms with Crippen molar-refractivity contribution in [3.8, 4) is 0 Å². The fraction of sp³-hybridized carbons (Fsp3) is 0.222. The molecule has 0 radical (unpaired) electrons. The normalized spacial score (nSPS) is 12.7.